The van der Waals surface area contributed by atoms with E-state index in [9.17, 15) is 14.7 Å². The molecule has 9 heteroatoms. The van der Waals surface area contributed by atoms with Crippen molar-refractivity contribution in [2.75, 3.05) is 20.8 Å². The van der Waals surface area contributed by atoms with Crippen LogP contribution in [-0.4, -0.2) is 57.0 Å². The Bertz CT molecular complexity index is 1170. The van der Waals surface area contributed by atoms with Crippen LogP contribution in [0, 0.1) is 0 Å². The van der Waals surface area contributed by atoms with Gasteiger partial charge in [-0.25, -0.2) is 4.98 Å². The van der Waals surface area contributed by atoms with Crippen molar-refractivity contribution in [3.63, 3.8) is 0 Å². The topological polar surface area (TPSA) is 107 Å². The van der Waals surface area contributed by atoms with Crippen LogP contribution in [0.4, 0.5) is 0 Å². The number of amides is 1. The number of ether oxygens (including phenoxy) is 2. The molecular formula is C24H24N4O5. The molecule has 0 radical (unpaired) electrons. The number of nitrogens with zero attached hydrogens (tertiary/aromatic N) is 4. The average molecular weight is 448 g/mol. The molecule has 1 aliphatic heterocycles. The number of hydrogen-bond donors (Lipinski definition) is 1. The highest BCUT2D eigenvalue weighted by atomic mass is 16.5. The van der Waals surface area contributed by atoms with Gasteiger partial charge in [0, 0.05) is 43.9 Å². The summed E-state index contributed by atoms with van der Waals surface area (Å²) in [5, 5.41) is 11.2. The number of carbonyl (C=O) groups is 2. The normalized spacial score (nSPS) is 17.4. The Labute approximate surface area is 190 Å². The van der Waals surface area contributed by atoms with Gasteiger partial charge in [0.25, 0.3) is 11.7 Å². The number of rotatable bonds is 8. The number of likely N-dealkylation sites (tertiary alicyclic amines) is 1. The van der Waals surface area contributed by atoms with Gasteiger partial charge in [0.1, 0.15) is 17.3 Å². The van der Waals surface area contributed by atoms with Gasteiger partial charge >= 0.3 is 0 Å². The summed E-state index contributed by atoms with van der Waals surface area (Å²) in [6.07, 6.45) is 9.01. The molecule has 170 valence electrons. The van der Waals surface area contributed by atoms with Gasteiger partial charge in [-0.3, -0.25) is 14.6 Å². The number of benzene rings is 1. The molecule has 1 amide bonds. The zero-order chi connectivity index (χ0) is 23.4. The largest absolute Gasteiger partial charge is 0.507 e. The van der Waals surface area contributed by atoms with Crippen LogP contribution in [0.1, 0.15) is 23.6 Å². The number of aliphatic hydroxyl groups is 1. The van der Waals surface area contributed by atoms with Gasteiger partial charge in [-0.2, -0.15) is 0 Å². The highest BCUT2D eigenvalue weighted by Crippen LogP contribution is 2.41. The zero-order valence-electron chi connectivity index (χ0n) is 18.3. The van der Waals surface area contributed by atoms with Crippen molar-refractivity contribution < 1.29 is 24.2 Å². The molecular weight excluding hydrogens is 424 g/mol. The van der Waals surface area contributed by atoms with E-state index >= 15 is 0 Å². The van der Waals surface area contributed by atoms with Crippen molar-refractivity contribution in [1.29, 1.82) is 0 Å². The Hall–Kier alpha value is -4.14. The molecule has 0 aliphatic carbocycles. The van der Waals surface area contributed by atoms with Crippen LogP contribution in [0.2, 0.25) is 0 Å². The molecule has 0 saturated carbocycles. The molecule has 2 aromatic heterocycles. The second-order valence-corrected chi connectivity index (χ2v) is 7.49. The summed E-state index contributed by atoms with van der Waals surface area (Å²) in [6.45, 7) is 0.963. The van der Waals surface area contributed by atoms with E-state index in [0.29, 0.717) is 42.1 Å². The first-order valence-electron chi connectivity index (χ1n) is 10.4. The molecule has 1 saturated heterocycles. The van der Waals surface area contributed by atoms with Crippen LogP contribution in [0.3, 0.4) is 0 Å². The lowest BCUT2D eigenvalue weighted by Crippen LogP contribution is -2.31. The monoisotopic (exact) mass is 448 g/mol. The number of carbonyl (C=O) groups excluding carboxylic acids is 2. The number of aryl methyl sites for hydroxylation is 1. The van der Waals surface area contributed by atoms with Crippen molar-refractivity contribution >= 4 is 17.4 Å². The number of methoxy groups -OCH3 is 2. The van der Waals surface area contributed by atoms with Crippen molar-refractivity contribution in [1.82, 2.24) is 19.4 Å². The molecule has 0 spiro atoms. The van der Waals surface area contributed by atoms with Crippen molar-refractivity contribution in [2.45, 2.75) is 19.0 Å². The van der Waals surface area contributed by atoms with Crippen molar-refractivity contribution in [2.24, 2.45) is 0 Å². The number of aliphatic hydroxyl groups excluding tert-OH is 1. The van der Waals surface area contributed by atoms with E-state index in [1.807, 2.05) is 10.8 Å². The van der Waals surface area contributed by atoms with E-state index < -0.39 is 17.7 Å². The lowest BCUT2D eigenvalue weighted by Gasteiger charge is -2.25. The molecule has 1 atom stereocenters. The summed E-state index contributed by atoms with van der Waals surface area (Å²) in [5.74, 6) is -0.835. The van der Waals surface area contributed by atoms with Crippen LogP contribution in [0.15, 0.2) is 67.0 Å². The molecule has 4 rings (SSSR count). The maximum atomic E-state index is 13.1. The summed E-state index contributed by atoms with van der Waals surface area (Å²) >= 11 is 0. The first kappa shape index (κ1) is 22.1. The molecule has 1 unspecified atom stereocenters. The molecule has 3 heterocycles. The third-order valence-corrected chi connectivity index (χ3v) is 5.60. The lowest BCUT2D eigenvalue weighted by atomic mass is 9.95. The van der Waals surface area contributed by atoms with Crippen LogP contribution in [-0.2, 0) is 16.1 Å². The minimum atomic E-state index is -0.748. The van der Waals surface area contributed by atoms with Crippen LogP contribution < -0.4 is 9.47 Å². The summed E-state index contributed by atoms with van der Waals surface area (Å²) < 4.78 is 12.5. The number of imidazole rings is 1. The van der Waals surface area contributed by atoms with Crippen LogP contribution in [0.5, 0.6) is 11.5 Å². The average Bonchev–Trinajstić information content (AvgIpc) is 3.46. The molecule has 1 fully saturated rings. The Kier molecular flexibility index (Phi) is 6.39. The van der Waals surface area contributed by atoms with E-state index in [0.717, 1.165) is 0 Å². The number of hydrogen-bond acceptors (Lipinski definition) is 7. The molecule has 9 nitrogen and oxygen atoms in total. The Morgan fingerprint density at radius 1 is 1.03 bits per heavy atom. The van der Waals surface area contributed by atoms with Gasteiger partial charge in [0.15, 0.2) is 0 Å². The Morgan fingerprint density at radius 3 is 2.48 bits per heavy atom. The predicted octanol–water partition coefficient (Wildman–Crippen LogP) is 2.81. The minimum Gasteiger partial charge on any atom is -0.507 e. The SMILES string of the molecule is COc1ccc(/C(O)=C2\C(=O)C(=O)N(CCCn3ccnc3)C2c2ccncc2)c(OC)c1. The number of aromatic nitrogens is 3. The minimum absolute atomic E-state index is 0.0114. The van der Waals surface area contributed by atoms with Gasteiger partial charge in [0.2, 0.25) is 0 Å². The third-order valence-electron chi connectivity index (χ3n) is 5.60. The van der Waals surface area contributed by atoms with Gasteiger partial charge < -0.3 is 24.0 Å². The van der Waals surface area contributed by atoms with E-state index in [4.69, 9.17) is 9.47 Å². The molecule has 1 aliphatic rings. The quantitative estimate of drug-likeness (QED) is 0.321. The molecule has 3 aromatic rings. The lowest BCUT2D eigenvalue weighted by molar-refractivity contribution is -0.139. The zero-order valence-corrected chi connectivity index (χ0v) is 18.3. The fourth-order valence-corrected chi connectivity index (χ4v) is 3.98. The fourth-order valence-electron chi connectivity index (χ4n) is 3.98. The van der Waals surface area contributed by atoms with Crippen molar-refractivity contribution in [3.05, 3.63) is 78.1 Å². The van der Waals surface area contributed by atoms with Gasteiger partial charge in [-0.05, 0) is 36.2 Å². The van der Waals surface area contributed by atoms with Gasteiger partial charge in [-0.15, -0.1) is 0 Å². The summed E-state index contributed by atoms with van der Waals surface area (Å²) in [7, 11) is 2.98. The summed E-state index contributed by atoms with van der Waals surface area (Å²) in [6, 6.07) is 7.58. The molecule has 0 bridgehead atoms. The van der Waals surface area contributed by atoms with E-state index in [-0.39, 0.29) is 11.3 Å². The molecule has 33 heavy (non-hydrogen) atoms. The number of ketones is 1. The maximum absolute atomic E-state index is 13.1. The van der Waals surface area contributed by atoms with Crippen molar-refractivity contribution in [3.8, 4) is 11.5 Å². The Balaban J connectivity index is 1.75. The van der Waals surface area contributed by atoms with E-state index in [2.05, 4.69) is 9.97 Å². The number of pyridine rings is 1. The second kappa shape index (κ2) is 9.56. The fraction of sp³-hybridized carbons (Fsp3) is 0.250. The van der Waals surface area contributed by atoms with Crippen LogP contribution in [0.25, 0.3) is 5.76 Å². The smallest absolute Gasteiger partial charge is 0.295 e. The summed E-state index contributed by atoms with van der Waals surface area (Å²) in [4.78, 5) is 35.7. The Morgan fingerprint density at radius 2 is 1.82 bits per heavy atom. The highest BCUT2D eigenvalue weighted by molar-refractivity contribution is 6.46. The highest BCUT2D eigenvalue weighted by Gasteiger charge is 2.46. The summed E-state index contributed by atoms with van der Waals surface area (Å²) in [5.41, 5.74) is 0.993. The molecule has 1 N–H and O–H groups in total. The van der Waals surface area contributed by atoms with Crippen LogP contribution >= 0.6 is 0 Å². The second-order valence-electron chi connectivity index (χ2n) is 7.49. The maximum Gasteiger partial charge on any atom is 0.295 e. The third kappa shape index (κ3) is 4.30. The van der Waals surface area contributed by atoms with E-state index in [1.165, 1.54) is 19.1 Å². The molecule has 1 aromatic carbocycles. The number of Topliss-reactive ketones (excluding diaryl/α,β-unsaturated/α-hetero) is 1. The van der Waals surface area contributed by atoms with Gasteiger partial charge in [-0.1, -0.05) is 0 Å². The standard InChI is InChI=1S/C24H24N4O5/c1-32-17-4-5-18(19(14-17)33-2)22(29)20-21(16-6-8-25-9-7-16)28(24(31)23(20)30)12-3-11-27-13-10-26-15-27/h4-10,13-15,21,29H,3,11-12H2,1-2H3/b22-20+. The van der Waals surface area contributed by atoms with E-state index in [1.54, 1.807) is 55.2 Å². The first-order valence-corrected chi connectivity index (χ1v) is 10.4. The van der Waals surface area contributed by atoms with Gasteiger partial charge in [0.05, 0.1) is 37.7 Å². The first-order chi connectivity index (χ1) is 16.0. The predicted molar refractivity (Wildman–Crippen MR) is 120 cm³/mol.